The Labute approximate surface area is 95.2 Å². The lowest BCUT2D eigenvalue weighted by Gasteiger charge is -2.31. The van der Waals surface area contributed by atoms with Crippen LogP contribution in [0.15, 0.2) is 0 Å². The van der Waals surface area contributed by atoms with Crippen LogP contribution in [0, 0.1) is 0 Å². The van der Waals surface area contributed by atoms with Gasteiger partial charge < -0.3 is 10.2 Å². The molecule has 1 saturated carbocycles. The van der Waals surface area contributed by atoms with Gasteiger partial charge in [-0.1, -0.05) is 19.3 Å². The summed E-state index contributed by atoms with van der Waals surface area (Å²) < 4.78 is 35.6. The maximum Gasteiger partial charge on any atom is 0.401 e. The van der Waals surface area contributed by atoms with Gasteiger partial charge in [-0.2, -0.15) is 13.2 Å². The summed E-state index contributed by atoms with van der Waals surface area (Å²) in [6.07, 6.45) is 2.10. The Hall–Kier alpha value is -0.290. The summed E-state index contributed by atoms with van der Waals surface area (Å²) in [7, 11) is 2.01. The molecule has 96 valence electrons. The van der Waals surface area contributed by atoms with Gasteiger partial charge in [-0.25, -0.2) is 0 Å². The third-order valence-electron chi connectivity index (χ3n) is 3.16. The molecule has 16 heavy (non-hydrogen) atoms. The minimum atomic E-state index is -4.09. The van der Waals surface area contributed by atoms with Gasteiger partial charge in [0.25, 0.3) is 0 Å². The Morgan fingerprint density at radius 1 is 1.19 bits per heavy atom. The molecule has 0 heterocycles. The zero-order chi connectivity index (χ0) is 12.0. The first-order valence-corrected chi connectivity index (χ1v) is 5.97. The first-order chi connectivity index (χ1) is 7.49. The largest absolute Gasteiger partial charge is 0.401 e. The minimum Gasteiger partial charge on any atom is -0.307 e. The molecule has 1 fully saturated rings. The highest BCUT2D eigenvalue weighted by Crippen LogP contribution is 2.21. The van der Waals surface area contributed by atoms with Crippen molar-refractivity contribution >= 4 is 0 Å². The fourth-order valence-corrected chi connectivity index (χ4v) is 2.19. The molecule has 0 aromatic rings. The summed E-state index contributed by atoms with van der Waals surface area (Å²) in [6, 6.07) is 0.571. The highest BCUT2D eigenvalue weighted by molar-refractivity contribution is 4.73. The van der Waals surface area contributed by atoms with E-state index in [9.17, 15) is 13.2 Å². The number of nitrogens with zero attached hydrogens (tertiary/aromatic N) is 1. The second-order valence-electron chi connectivity index (χ2n) is 4.56. The van der Waals surface area contributed by atoms with Gasteiger partial charge in [-0.05, 0) is 19.9 Å². The van der Waals surface area contributed by atoms with Crippen molar-refractivity contribution in [3.8, 4) is 0 Å². The molecule has 0 spiro atoms. The van der Waals surface area contributed by atoms with Crippen molar-refractivity contribution in [3.63, 3.8) is 0 Å². The molecule has 0 atom stereocenters. The fourth-order valence-electron chi connectivity index (χ4n) is 2.19. The van der Waals surface area contributed by atoms with Crippen LogP contribution in [0.3, 0.4) is 0 Å². The molecule has 0 aromatic carbocycles. The summed E-state index contributed by atoms with van der Waals surface area (Å²) in [5.41, 5.74) is 0. The maximum absolute atomic E-state index is 11.9. The summed E-state index contributed by atoms with van der Waals surface area (Å²) in [5, 5.41) is 2.43. The van der Waals surface area contributed by atoms with Crippen LogP contribution in [-0.2, 0) is 0 Å². The van der Waals surface area contributed by atoms with Crippen LogP contribution in [0.25, 0.3) is 0 Å². The second kappa shape index (κ2) is 6.45. The number of rotatable bonds is 5. The quantitative estimate of drug-likeness (QED) is 0.740. The normalized spacial score (nSPS) is 19.3. The molecule has 0 saturated heterocycles. The number of likely N-dealkylation sites (N-methyl/N-ethyl adjacent to an activating group) is 1. The smallest absolute Gasteiger partial charge is 0.307 e. The third-order valence-corrected chi connectivity index (χ3v) is 3.16. The topological polar surface area (TPSA) is 15.3 Å². The Morgan fingerprint density at radius 2 is 1.81 bits per heavy atom. The van der Waals surface area contributed by atoms with Crippen molar-refractivity contribution in [1.29, 1.82) is 0 Å². The number of hydrogen-bond acceptors (Lipinski definition) is 2. The van der Waals surface area contributed by atoms with Crippen molar-refractivity contribution in [2.75, 3.05) is 26.7 Å². The van der Waals surface area contributed by atoms with Gasteiger partial charge >= 0.3 is 6.18 Å². The van der Waals surface area contributed by atoms with Crippen LogP contribution in [0.2, 0.25) is 0 Å². The minimum absolute atomic E-state index is 0.409. The van der Waals surface area contributed by atoms with Gasteiger partial charge in [0.1, 0.15) is 0 Å². The van der Waals surface area contributed by atoms with E-state index in [4.69, 9.17) is 0 Å². The highest BCUT2D eigenvalue weighted by Gasteiger charge is 2.26. The van der Waals surface area contributed by atoms with Crippen LogP contribution >= 0.6 is 0 Å². The molecule has 0 unspecified atom stereocenters. The van der Waals surface area contributed by atoms with E-state index in [0.29, 0.717) is 19.1 Å². The van der Waals surface area contributed by atoms with E-state index in [1.807, 2.05) is 7.05 Å². The van der Waals surface area contributed by atoms with Crippen molar-refractivity contribution in [3.05, 3.63) is 0 Å². The fraction of sp³-hybridized carbons (Fsp3) is 1.00. The van der Waals surface area contributed by atoms with E-state index in [2.05, 4.69) is 10.2 Å². The van der Waals surface area contributed by atoms with Crippen LogP contribution in [0.4, 0.5) is 13.2 Å². The molecule has 0 radical (unpaired) electrons. The molecule has 1 aliphatic rings. The monoisotopic (exact) mass is 238 g/mol. The summed E-state index contributed by atoms with van der Waals surface area (Å²) in [5.74, 6) is 0. The van der Waals surface area contributed by atoms with Gasteiger partial charge in [0.15, 0.2) is 0 Å². The van der Waals surface area contributed by atoms with E-state index in [1.165, 1.54) is 32.1 Å². The average molecular weight is 238 g/mol. The maximum atomic E-state index is 11.9. The predicted molar refractivity (Wildman–Crippen MR) is 58.4 cm³/mol. The van der Waals surface area contributed by atoms with E-state index in [0.717, 1.165) is 0 Å². The van der Waals surface area contributed by atoms with Crippen LogP contribution in [-0.4, -0.2) is 43.8 Å². The summed E-state index contributed by atoms with van der Waals surface area (Å²) in [4.78, 5) is 2.18. The molecule has 2 nitrogen and oxygen atoms in total. The van der Waals surface area contributed by atoms with Gasteiger partial charge in [0.2, 0.25) is 0 Å². The lowest BCUT2D eigenvalue weighted by Crippen LogP contribution is -2.40. The van der Waals surface area contributed by atoms with Crippen molar-refractivity contribution in [2.45, 2.75) is 44.3 Å². The summed E-state index contributed by atoms with van der Waals surface area (Å²) >= 11 is 0. The highest BCUT2D eigenvalue weighted by atomic mass is 19.4. The molecule has 0 amide bonds. The molecule has 0 bridgehead atoms. The standard InChI is InChI=1S/C11H21F3N2/c1-16(10-5-3-2-4-6-10)8-7-15-9-11(12,13)14/h10,15H,2-9H2,1H3. The summed E-state index contributed by atoms with van der Waals surface area (Å²) in [6.45, 7) is 0.221. The molecular formula is C11H21F3N2. The number of halogens is 3. The molecule has 1 N–H and O–H groups in total. The first kappa shape index (κ1) is 13.8. The second-order valence-corrected chi connectivity index (χ2v) is 4.56. The Bertz CT molecular complexity index is 188. The van der Waals surface area contributed by atoms with Gasteiger partial charge in [-0.3, -0.25) is 0 Å². The van der Waals surface area contributed by atoms with Crippen LogP contribution in [0.5, 0.6) is 0 Å². The molecule has 1 rings (SSSR count). The number of hydrogen-bond donors (Lipinski definition) is 1. The zero-order valence-electron chi connectivity index (χ0n) is 9.82. The van der Waals surface area contributed by atoms with Crippen molar-refractivity contribution in [2.24, 2.45) is 0 Å². The lowest BCUT2D eigenvalue weighted by atomic mass is 9.94. The van der Waals surface area contributed by atoms with Gasteiger partial charge in [0.05, 0.1) is 6.54 Å². The number of alkyl halides is 3. The average Bonchev–Trinajstić information content (AvgIpc) is 2.24. The Morgan fingerprint density at radius 3 is 2.38 bits per heavy atom. The van der Waals surface area contributed by atoms with Gasteiger partial charge in [0, 0.05) is 19.1 Å². The van der Waals surface area contributed by atoms with Gasteiger partial charge in [-0.15, -0.1) is 0 Å². The van der Waals surface area contributed by atoms with E-state index >= 15 is 0 Å². The van der Waals surface area contributed by atoms with Crippen LogP contribution in [0.1, 0.15) is 32.1 Å². The van der Waals surface area contributed by atoms with Crippen molar-refractivity contribution < 1.29 is 13.2 Å². The zero-order valence-corrected chi connectivity index (χ0v) is 9.82. The molecule has 0 aromatic heterocycles. The number of nitrogens with one attached hydrogen (secondary N) is 1. The van der Waals surface area contributed by atoms with Crippen molar-refractivity contribution in [1.82, 2.24) is 10.2 Å². The first-order valence-electron chi connectivity index (χ1n) is 5.97. The molecule has 5 heteroatoms. The molecular weight excluding hydrogens is 217 g/mol. The molecule has 0 aliphatic heterocycles. The Kier molecular flexibility index (Phi) is 5.55. The predicted octanol–water partition coefficient (Wildman–Crippen LogP) is 2.40. The van der Waals surface area contributed by atoms with E-state index < -0.39 is 12.7 Å². The van der Waals surface area contributed by atoms with Crippen LogP contribution < -0.4 is 5.32 Å². The molecule has 1 aliphatic carbocycles. The Balaban J connectivity index is 2.07. The van der Waals surface area contributed by atoms with E-state index in [1.54, 1.807) is 0 Å². The lowest BCUT2D eigenvalue weighted by molar-refractivity contribution is -0.124. The van der Waals surface area contributed by atoms with E-state index in [-0.39, 0.29) is 0 Å². The SMILES string of the molecule is CN(CCNCC(F)(F)F)C1CCCCC1. The third kappa shape index (κ3) is 5.70.